The molecule has 0 fully saturated rings. The van der Waals surface area contributed by atoms with E-state index >= 15 is 0 Å². The Bertz CT molecular complexity index is 231. The third kappa shape index (κ3) is 12.0. The molecule has 0 saturated carbocycles. The summed E-state index contributed by atoms with van der Waals surface area (Å²) in [4.78, 5) is 11.8. The first-order chi connectivity index (χ1) is 9.61. The third-order valence-electron chi connectivity index (χ3n) is 3.82. The Hall–Kier alpha value is 0.200. The van der Waals surface area contributed by atoms with Gasteiger partial charge < -0.3 is 5.32 Å². The molecule has 0 rings (SSSR count). The Morgan fingerprint density at radius 1 is 0.950 bits per heavy atom. The van der Waals surface area contributed by atoms with Crippen molar-refractivity contribution < 1.29 is 4.79 Å². The van der Waals surface area contributed by atoms with Gasteiger partial charge in [-0.2, -0.15) is 0 Å². The lowest BCUT2D eigenvalue weighted by molar-refractivity contribution is -0.122. The predicted octanol–water partition coefficient (Wildman–Crippen LogP) is 5.48. The van der Waals surface area contributed by atoms with E-state index in [-0.39, 0.29) is 5.91 Å². The van der Waals surface area contributed by atoms with Gasteiger partial charge in [-0.3, -0.25) is 4.79 Å². The van der Waals surface area contributed by atoms with Gasteiger partial charge in [0.1, 0.15) is 0 Å². The first kappa shape index (κ1) is 20.2. The van der Waals surface area contributed by atoms with Crippen molar-refractivity contribution >= 4 is 28.5 Å². The van der Waals surface area contributed by atoms with E-state index in [1.807, 2.05) is 0 Å². The van der Waals surface area contributed by atoms with E-state index in [2.05, 4.69) is 48.7 Å². The fourth-order valence-electron chi connectivity index (χ4n) is 2.26. The third-order valence-corrected chi connectivity index (χ3v) is 4.77. The largest absolute Gasteiger partial charge is 0.352 e. The molecule has 120 valence electrons. The molecule has 0 aromatic carbocycles. The molecule has 1 N–H and O–H groups in total. The standard InChI is InChI=1S/C17H34INO/c1-4-5-6-7-8-9-10-11-12-13-17(20)19-16(14-18)15(2)3/h15-16H,4-14H2,1-3H3,(H,19,20). The molecule has 0 radical (unpaired) electrons. The van der Waals surface area contributed by atoms with Gasteiger partial charge in [-0.05, 0) is 12.3 Å². The predicted molar refractivity (Wildman–Crippen MR) is 97.5 cm³/mol. The second-order valence-electron chi connectivity index (χ2n) is 6.15. The summed E-state index contributed by atoms with van der Waals surface area (Å²) in [6.07, 6.45) is 12.5. The average Bonchev–Trinajstić information content (AvgIpc) is 2.42. The summed E-state index contributed by atoms with van der Waals surface area (Å²) in [6, 6.07) is 0.335. The van der Waals surface area contributed by atoms with Crippen LogP contribution in [0.4, 0.5) is 0 Å². The number of carbonyl (C=O) groups is 1. The molecule has 3 heteroatoms. The van der Waals surface area contributed by atoms with Gasteiger partial charge in [0.25, 0.3) is 0 Å². The van der Waals surface area contributed by atoms with Gasteiger partial charge >= 0.3 is 0 Å². The summed E-state index contributed by atoms with van der Waals surface area (Å²) in [5.74, 6) is 0.766. The minimum Gasteiger partial charge on any atom is -0.352 e. The minimum atomic E-state index is 0.239. The SMILES string of the molecule is CCCCCCCCCCCC(=O)NC(CI)C(C)C. The monoisotopic (exact) mass is 395 g/mol. The van der Waals surface area contributed by atoms with Crippen LogP contribution >= 0.6 is 22.6 Å². The van der Waals surface area contributed by atoms with Crippen LogP contribution in [0.5, 0.6) is 0 Å². The van der Waals surface area contributed by atoms with Crippen molar-refractivity contribution in [2.24, 2.45) is 5.92 Å². The molecule has 0 aromatic rings. The zero-order chi connectivity index (χ0) is 15.2. The van der Waals surface area contributed by atoms with Crippen LogP contribution in [-0.4, -0.2) is 16.4 Å². The van der Waals surface area contributed by atoms with Gasteiger partial charge in [-0.25, -0.2) is 0 Å². The molecule has 1 atom stereocenters. The van der Waals surface area contributed by atoms with E-state index in [0.29, 0.717) is 18.4 Å². The van der Waals surface area contributed by atoms with Crippen molar-refractivity contribution in [3.8, 4) is 0 Å². The lowest BCUT2D eigenvalue weighted by Gasteiger charge is -2.19. The summed E-state index contributed by atoms with van der Waals surface area (Å²) in [6.45, 7) is 6.59. The number of alkyl halides is 1. The molecule has 0 aromatic heterocycles. The minimum absolute atomic E-state index is 0.239. The Kier molecular flexibility index (Phi) is 14.3. The number of hydrogen-bond acceptors (Lipinski definition) is 1. The summed E-state index contributed by atoms with van der Waals surface area (Å²) in [5, 5.41) is 3.14. The van der Waals surface area contributed by atoms with Gasteiger partial charge in [0, 0.05) is 16.9 Å². The van der Waals surface area contributed by atoms with Crippen LogP contribution in [0.25, 0.3) is 0 Å². The topological polar surface area (TPSA) is 29.1 Å². The maximum absolute atomic E-state index is 11.8. The highest BCUT2D eigenvalue weighted by atomic mass is 127. The molecule has 0 aliphatic rings. The Morgan fingerprint density at radius 3 is 1.90 bits per heavy atom. The van der Waals surface area contributed by atoms with Crippen LogP contribution in [-0.2, 0) is 4.79 Å². The molecule has 2 nitrogen and oxygen atoms in total. The molecule has 0 bridgehead atoms. The van der Waals surface area contributed by atoms with Gasteiger partial charge in [0.2, 0.25) is 5.91 Å². The lowest BCUT2D eigenvalue weighted by Crippen LogP contribution is -2.39. The molecular weight excluding hydrogens is 361 g/mol. The molecule has 0 aliphatic carbocycles. The van der Waals surface area contributed by atoms with Crippen molar-refractivity contribution in [2.75, 3.05) is 4.43 Å². The van der Waals surface area contributed by atoms with Gasteiger partial charge in [-0.15, -0.1) is 0 Å². The van der Waals surface area contributed by atoms with Crippen molar-refractivity contribution in [3.05, 3.63) is 0 Å². The first-order valence-corrected chi connectivity index (χ1v) is 9.99. The second-order valence-corrected chi connectivity index (χ2v) is 7.03. The van der Waals surface area contributed by atoms with Gasteiger partial charge in [-0.1, -0.05) is 94.7 Å². The maximum Gasteiger partial charge on any atom is 0.220 e. The van der Waals surface area contributed by atoms with E-state index < -0.39 is 0 Å². The Labute approximate surface area is 140 Å². The normalized spacial score (nSPS) is 12.7. The fourth-order valence-corrected chi connectivity index (χ4v) is 3.50. The van der Waals surface area contributed by atoms with Crippen molar-refractivity contribution in [1.29, 1.82) is 0 Å². The maximum atomic E-state index is 11.8. The average molecular weight is 395 g/mol. The molecule has 0 aliphatic heterocycles. The highest BCUT2D eigenvalue weighted by Crippen LogP contribution is 2.11. The molecular formula is C17H34INO. The lowest BCUT2D eigenvalue weighted by atomic mass is 10.0. The van der Waals surface area contributed by atoms with E-state index in [0.717, 1.165) is 10.8 Å². The van der Waals surface area contributed by atoms with Gasteiger partial charge in [0.05, 0.1) is 0 Å². The summed E-state index contributed by atoms with van der Waals surface area (Å²) in [7, 11) is 0. The van der Waals surface area contributed by atoms with Crippen LogP contribution in [0.1, 0.15) is 85.0 Å². The van der Waals surface area contributed by atoms with Crippen LogP contribution < -0.4 is 5.32 Å². The Morgan fingerprint density at radius 2 is 1.45 bits per heavy atom. The number of amides is 1. The smallest absolute Gasteiger partial charge is 0.220 e. The molecule has 20 heavy (non-hydrogen) atoms. The highest BCUT2D eigenvalue weighted by Gasteiger charge is 2.13. The van der Waals surface area contributed by atoms with E-state index in [1.165, 1.54) is 51.4 Å². The number of hydrogen-bond donors (Lipinski definition) is 1. The molecule has 0 spiro atoms. The zero-order valence-corrected chi connectivity index (χ0v) is 15.9. The molecule has 0 heterocycles. The van der Waals surface area contributed by atoms with E-state index in [9.17, 15) is 4.79 Å². The van der Waals surface area contributed by atoms with Crippen molar-refractivity contribution in [3.63, 3.8) is 0 Å². The number of unbranched alkanes of at least 4 members (excludes halogenated alkanes) is 8. The quantitative estimate of drug-likeness (QED) is 0.250. The molecule has 0 saturated heterocycles. The Balaban J connectivity index is 3.39. The number of rotatable bonds is 13. The van der Waals surface area contributed by atoms with E-state index in [1.54, 1.807) is 0 Å². The molecule has 1 unspecified atom stereocenters. The summed E-state index contributed by atoms with van der Waals surface area (Å²) >= 11 is 2.35. The number of carbonyl (C=O) groups excluding carboxylic acids is 1. The second kappa shape index (κ2) is 14.2. The zero-order valence-electron chi connectivity index (χ0n) is 13.7. The van der Waals surface area contributed by atoms with Crippen LogP contribution in [0.3, 0.4) is 0 Å². The van der Waals surface area contributed by atoms with Crippen LogP contribution in [0, 0.1) is 5.92 Å². The van der Waals surface area contributed by atoms with Crippen molar-refractivity contribution in [1.82, 2.24) is 5.32 Å². The van der Waals surface area contributed by atoms with Gasteiger partial charge in [0.15, 0.2) is 0 Å². The fraction of sp³-hybridized carbons (Fsp3) is 0.941. The van der Waals surface area contributed by atoms with Crippen molar-refractivity contribution in [2.45, 2.75) is 91.0 Å². The number of halogens is 1. The molecule has 1 amide bonds. The summed E-state index contributed by atoms with van der Waals surface area (Å²) < 4.78 is 0.999. The van der Waals surface area contributed by atoms with Crippen LogP contribution in [0.2, 0.25) is 0 Å². The van der Waals surface area contributed by atoms with Crippen LogP contribution in [0.15, 0.2) is 0 Å². The van der Waals surface area contributed by atoms with E-state index in [4.69, 9.17) is 0 Å². The first-order valence-electron chi connectivity index (χ1n) is 8.47. The highest BCUT2D eigenvalue weighted by molar-refractivity contribution is 14.1. The summed E-state index contributed by atoms with van der Waals surface area (Å²) in [5.41, 5.74) is 0. The number of nitrogens with one attached hydrogen (secondary N) is 1.